The van der Waals surface area contributed by atoms with E-state index in [9.17, 15) is 4.79 Å². The van der Waals surface area contributed by atoms with Gasteiger partial charge < -0.3 is 10.3 Å². The predicted molar refractivity (Wildman–Crippen MR) is 107 cm³/mol. The molecule has 1 aliphatic rings. The van der Waals surface area contributed by atoms with Crippen molar-refractivity contribution in [2.45, 2.75) is 38.5 Å². The molecule has 5 heteroatoms. The summed E-state index contributed by atoms with van der Waals surface area (Å²) in [6.07, 6.45) is 12.8. The van der Waals surface area contributed by atoms with E-state index >= 15 is 0 Å². The van der Waals surface area contributed by atoms with Gasteiger partial charge in [0.25, 0.3) is 5.91 Å². The Morgan fingerprint density at radius 2 is 2.19 bits per heavy atom. The summed E-state index contributed by atoms with van der Waals surface area (Å²) in [5.74, 6) is 0.0470. The van der Waals surface area contributed by atoms with Crippen LogP contribution < -0.4 is 5.32 Å². The lowest BCUT2D eigenvalue weighted by molar-refractivity contribution is 0.0957. The first kappa shape index (κ1) is 17.0. The summed E-state index contributed by atoms with van der Waals surface area (Å²) in [5, 5.41) is 6.23. The monoisotopic (exact) mass is 365 g/mol. The van der Waals surface area contributed by atoms with Crippen molar-refractivity contribution >= 4 is 28.3 Å². The summed E-state index contributed by atoms with van der Waals surface area (Å²) in [6, 6.07) is 6.13. The molecular weight excluding hydrogens is 342 g/mol. The number of allylic oxidation sites excluding steroid dienone is 1. The van der Waals surface area contributed by atoms with Crippen molar-refractivity contribution in [1.82, 2.24) is 15.3 Å². The zero-order chi connectivity index (χ0) is 17.8. The van der Waals surface area contributed by atoms with Crippen LogP contribution in [0.3, 0.4) is 0 Å². The number of aromatic nitrogens is 2. The van der Waals surface area contributed by atoms with Gasteiger partial charge in [-0.2, -0.15) is 0 Å². The molecule has 3 aromatic heterocycles. The third-order valence-electron chi connectivity index (χ3n) is 5.00. The van der Waals surface area contributed by atoms with Crippen LogP contribution in [-0.4, -0.2) is 22.4 Å². The lowest BCUT2D eigenvalue weighted by atomic mass is 9.97. The molecule has 0 radical (unpaired) electrons. The summed E-state index contributed by atoms with van der Waals surface area (Å²) in [4.78, 5) is 20.9. The number of nitrogens with one attached hydrogen (secondary N) is 2. The molecule has 0 aromatic carbocycles. The molecule has 26 heavy (non-hydrogen) atoms. The Labute approximate surface area is 157 Å². The normalized spacial score (nSPS) is 14.4. The number of hydrogen-bond acceptors (Lipinski definition) is 3. The average molecular weight is 366 g/mol. The molecule has 0 bridgehead atoms. The van der Waals surface area contributed by atoms with E-state index in [1.807, 2.05) is 29.9 Å². The lowest BCUT2D eigenvalue weighted by Crippen LogP contribution is -2.25. The van der Waals surface area contributed by atoms with E-state index in [4.69, 9.17) is 0 Å². The molecule has 0 unspecified atom stereocenters. The van der Waals surface area contributed by atoms with Crippen LogP contribution >= 0.6 is 11.3 Å². The fraction of sp³-hybridized carbons (Fsp3) is 0.333. The molecule has 4 nitrogen and oxygen atoms in total. The van der Waals surface area contributed by atoms with E-state index in [0.29, 0.717) is 0 Å². The van der Waals surface area contributed by atoms with Crippen LogP contribution in [0.25, 0.3) is 11.0 Å². The predicted octanol–water partition coefficient (Wildman–Crippen LogP) is 4.84. The molecule has 0 atom stereocenters. The van der Waals surface area contributed by atoms with Gasteiger partial charge in [0.05, 0.1) is 4.88 Å². The van der Waals surface area contributed by atoms with E-state index < -0.39 is 0 Å². The molecule has 2 N–H and O–H groups in total. The van der Waals surface area contributed by atoms with E-state index in [0.717, 1.165) is 40.9 Å². The molecule has 1 amide bonds. The standard InChI is InChI=1S/C21H23N3OS/c25-21(24-10-6-15-4-2-1-3-5-15)19-17(9-13-26-19)14-16-7-11-22-20-18(16)8-12-23-20/h4,7-9,11-13H,1-3,5-6,10,14H2,(H,22,23)(H,24,25). The number of carbonyl (C=O) groups excluding carboxylic acids is 1. The van der Waals surface area contributed by atoms with Gasteiger partial charge in [0.15, 0.2) is 0 Å². The van der Waals surface area contributed by atoms with Crippen LogP contribution in [0.1, 0.15) is 52.9 Å². The minimum absolute atomic E-state index is 0.0470. The number of carbonyl (C=O) groups is 1. The van der Waals surface area contributed by atoms with E-state index in [1.54, 1.807) is 0 Å². The first-order chi connectivity index (χ1) is 12.8. The highest BCUT2D eigenvalue weighted by Crippen LogP contribution is 2.24. The first-order valence-electron chi connectivity index (χ1n) is 9.25. The number of nitrogens with zero attached hydrogens (tertiary/aromatic N) is 1. The molecule has 3 heterocycles. The molecular formula is C21H23N3OS. The van der Waals surface area contributed by atoms with Gasteiger partial charge in [-0.15, -0.1) is 11.3 Å². The SMILES string of the molecule is O=C(NCCC1=CCCCC1)c1sccc1Cc1ccnc2[nH]ccc12. The maximum Gasteiger partial charge on any atom is 0.261 e. The van der Waals surface area contributed by atoms with Gasteiger partial charge in [-0.05, 0) is 73.2 Å². The Morgan fingerprint density at radius 1 is 1.23 bits per heavy atom. The molecule has 0 saturated heterocycles. The Bertz CT molecular complexity index is 938. The Kier molecular flexibility index (Phi) is 5.16. The summed E-state index contributed by atoms with van der Waals surface area (Å²) >= 11 is 1.52. The third kappa shape index (κ3) is 3.73. The quantitative estimate of drug-likeness (QED) is 0.614. The summed E-state index contributed by atoms with van der Waals surface area (Å²) < 4.78 is 0. The molecule has 0 spiro atoms. The van der Waals surface area contributed by atoms with Crippen molar-refractivity contribution in [2.75, 3.05) is 6.54 Å². The largest absolute Gasteiger partial charge is 0.351 e. The fourth-order valence-corrected chi connectivity index (χ4v) is 4.44. The third-order valence-corrected chi connectivity index (χ3v) is 5.96. The number of aromatic amines is 1. The van der Waals surface area contributed by atoms with Crippen LogP contribution in [0, 0.1) is 0 Å². The molecule has 0 saturated carbocycles. The van der Waals surface area contributed by atoms with Gasteiger partial charge in [0.2, 0.25) is 0 Å². The Hall–Kier alpha value is -2.40. The second kappa shape index (κ2) is 7.87. The molecule has 4 rings (SSSR count). The van der Waals surface area contributed by atoms with Crippen LogP contribution in [-0.2, 0) is 6.42 Å². The number of pyridine rings is 1. The van der Waals surface area contributed by atoms with Gasteiger partial charge in [-0.25, -0.2) is 4.98 Å². The van der Waals surface area contributed by atoms with Crippen LogP contribution in [0.4, 0.5) is 0 Å². The summed E-state index contributed by atoms with van der Waals surface area (Å²) in [7, 11) is 0. The van der Waals surface area contributed by atoms with Crippen molar-refractivity contribution in [3.63, 3.8) is 0 Å². The van der Waals surface area contributed by atoms with Gasteiger partial charge in [-0.3, -0.25) is 4.79 Å². The molecule has 3 aromatic rings. The van der Waals surface area contributed by atoms with Crippen molar-refractivity contribution in [2.24, 2.45) is 0 Å². The highest BCUT2D eigenvalue weighted by Gasteiger charge is 2.15. The zero-order valence-corrected chi connectivity index (χ0v) is 15.6. The number of hydrogen-bond donors (Lipinski definition) is 2. The minimum Gasteiger partial charge on any atom is -0.351 e. The van der Waals surface area contributed by atoms with Crippen molar-refractivity contribution in [3.05, 3.63) is 63.6 Å². The van der Waals surface area contributed by atoms with Crippen LogP contribution in [0.5, 0.6) is 0 Å². The molecule has 1 aliphatic carbocycles. The Balaban J connectivity index is 1.42. The number of fused-ring (bicyclic) bond motifs is 1. The van der Waals surface area contributed by atoms with E-state index in [2.05, 4.69) is 27.4 Å². The summed E-state index contributed by atoms with van der Waals surface area (Å²) in [5.41, 5.74) is 4.66. The fourth-order valence-electron chi connectivity index (χ4n) is 3.60. The van der Waals surface area contributed by atoms with Crippen molar-refractivity contribution < 1.29 is 4.79 Å². The highest BCUT2D eigenvalue weighted by molar-refractivity contribution is 7.12. The number of rotatable bonds is 6. The van der Waals surface area contributed by atoms with Gasteiger partial charge >= 0.3 is 0 Å². The topological polar surface area (TPSA) is 57.8 Å². The number of H-pyrrole nitrogens is 1. The van der Waals surface area contributed by atoms with Crippen molar-refractivity contribution in [1.29, 1.82) is 0 Å². The van der Waals surface area contributed by atoms with E-state index in [-0.39, 0.29) is 5.91 Å². The average Bonchev–Trinajstić information content (AvgIpc) is 3.32. The smallest absolute Gasteiger partial charge is 0.261 e. The lowest BCUT2D eigenvalue weighted by Gasteiger charge is -2.13. The second-order valence-electron chi connectivity index (χ2n) is 6.78. The van der Waals surface area contributed by atoms with Gasteiger partial charge in [-0.1, -0.05) is 11.6 Å². The van der Waals surface area contributed by atoms with Gasteiger partial charge in [0, 0.05) is 24.3 Å². The second-order valence-corrected chi connectivity index (χ2v) is 7.69. The molecule has 0 aliphatic heterocycles. The number of amides is 1. The van der Waals surface area contributed by atoms with Gasteiger partial charge in [0.1, 0.15) is 5.65 Å². The zero-order valence-electron chi connectivity index (χ0n) is 14.8. The maximum absolute atomic E-state index is 12.6. The molecule has 0 fully saturated rings. The maximum atomic E-state index is 12.6. The first-order valence-corrected chi connectivity index (χ1v) is 10.1. The van der Waals surface area contributed by atoms with Crippen LogP contribution in [0.15, 0.2) is 47.6 Å². The minimum atomic E-state index is 0.0470. The Morgan fingerprint density at radius 3 is 3.08 bits per heavy atom. The summed E-state index contributed by atoms with van der Waals surface area (Å²) in [6.45, 7) is 0.722. The molecule has 134 valence electrons. The van der Waals surface area contributed by atoms with E-state index in [1.165, 1.54) is 48.2 Å². The van der Waals surface area contributed by atoms with Crippen LogP contribution in [0.2, 0.25) is 0 Å². The number of thiophene rings is 1. The highest BCUT2D eigenvalue weighted by atomic mass is 32.1. The van der Waals surface area contributed by atoms with Crippen molar-refractivity contribution in [3.8, 4) is 0 Å².